The molecule has 0 heterocycles. The molecule has 0 bridgehead atoms. The highest BCUT2D eigenvalue weighted by atomic mass is 32.2. The van der Waals surface area contributed by atoms with E-state index in [1.54, 1.807) is 18.2 Å². The van der Waals surface area contributed by atoms with Crippen LogP contribution in [0.3, 0.4) is 0 Å². The third-order valence-electron chi connectivity index (χ3n) is 3.08. The zero-order valence-corrected chi connectivity index (χ0v) is 12.0. The molecule has 3 nitrogen and oxygen atoms in total. The minimum absolute atomic E-state index is 0.155. The lowest BCUT2D eigenvalue weighted by Gasteiger charge is -2.07. The van der Waals surface area contributed by atoms with Gasteiger partial charge in [-0.3, -0.25) is 0 Å². The first-order chi connectivity index (χ1) is 9.42. The molecule has 2 aromatic carbocycles. The van der Waals surface area contributed by atoms with E-state index in [1.165, 1.54) is 24.3 Å². The Hall–Kier alpha value is -1.72. The predicted molar refractivity (Wildman–Crippen MR) is 76.4 cm³/mol. The zero-order chi connectivity index (χ0) is 14.8. The monoisotopic (exact) mass is 293 g/mol. The summed E-state index contributed by atoms with van der Waals surface area (Å²) < 4.78 is 38.3. The summed E-state index contributed by atoms with van der Waals surface area (Å²) in [4.78, 5) is 0.199. The minimum Gasteiger partial charge on any atom is -0.326 e. The van der Waals surface area contributed by atoms with Crippen molar-refractivity contribution in [2.75, 3.05) is 0 Å². The molecule has 5 heteroatoms. The Kier molecular flexibility index (Phi) is 4.20. The molecule has 0 atom stereocenters. The van der Waals surface area contributed by atoms with Gasteiger partial charge in [-0.15, -0.1) is 0 Å². The molecule has 0 amide bonds. The van der Waals surface area contributed by atoms with Gasteiger partial charge in [0.25, 0.3) is 0 Å². The lowest BCUT2D eigenvalue weighted by atomic mass is 10.1. The third-order valence-corrected chi connectivity index (χ3v) is 4.76. The van der Waals surface area contributed by atoms with E-state index in [0.29, 0.717) is 5.56 Å². The van der Waals surface area contributed by atoms with Crippen LogP contribution < -0.4 is 5.73 Å². The summed E-state index contributed by atoms with van der Waals surface area (Å²) in [6, 6.07) is 10.9. The second-order valence-corrected chi connectivity index (χ2v) is 6.69. The topological polar surface area (TPSA) is 60.2 Å². The van der Waals surface area contributed by atoms with Crippen LogP contribution in [0.5, 0.6) is 0 Å². The predicted octanol–water partition coefficient (Wildman–Crippen LogP) is 2.57. The Morgan fingerprint density at radius 3 is 2.30 bits per heavy atom. The SMILES string of the molecule is Cc1ccc(S(=O)(=O)Cc2ccc(CN)cc2F)cc1. The van der Waals surface area contributed by atoms with Gasteiger partial charge < -0.3 is 5.73 Å². The van der Waals surface area contributed by atoms with Crippen LogP contribution in [0.15, 0.2) is 47.4 Å². The van der Waals surface area contributed by atoms with Gasteiger partial charge in [0, 0.05) is 12.1 Å². The maximum absolute atomic E-state index is 13.8. The van der Waals surface area contributed by atoms with Crippen LogP contribution in [-0.4, -0.2) is 8.42 Å². The van der Waals surface area contributed by atoms with Crippen LogP contribution >= 0.6 is 0 Å². The van der Waals surface area contributed by atoms with Gasteiger partial charge in [0.2, 0.25) is 0 Å². The maximum Gasteiger partial charge on any atom is 0.182 e. The molecule has 0 fully saturated rings. The smallest absolute Gasteiger partial charge is 0.182 e. The first-order valence-corrected chi connectivity index (χ1v) is 7.84. The molecule has 0 saturated carbocycles. The van der Waals surface area contributed by atoms with Gasteiger partial charge in [0.1, 0.15) is 5.82 Å². The number of hydrogen-bond donors (Lipinski definition) is 1. The van der Waals surface area contributed by atoms with E-state index in [2.05, 4.69) is 0 Å². The number of nitrogens with two attached hydrogens (primary N) is 1. The molecule has 0 aliphatic carbocycles. The Morgan fingerprint density at radius 2 is 1.75 bits per heavy atom. The highest BCUT2D eigenvalue weighted by Gasteiger charge is 2.17. The molecule has 0 spiro atoms. The summed E-state index contributed by atoms with van der Waals surface area (Å²) in [6.45, 7) is 2.10. The van der Waals surface area contributed by atoms with Gasteiger partial charge >= 0.3 is 0 Å². The highest BCUT2D eigenvalue weighted by molar-refractivity contribution is 7.90. The van der Waals surface area contributed by atoms with Gasteiger partial charge in [-0.1, -0.05) is 29.8 Å². The maximum atomic E-state index is 13.8. The van der Waals surface area contributed by atoms with Crippen LogP contribution in [0.1, 0.15) is 16.7 Å². The third kappa shape index (κ3) is 3.23. The van der Waals surface area contributed by atoms with Crippen LogP contribution in [0.2, 0.25) is 0 Å². The number of rotatable bonds is 4. The van der Waals surface area contributed by atoms with Crippen molar-refractivity contribution in [3.05, 3.63) is 65.0 Å². The molecule has 2 aromatic rings. The molecule has 2 N–H and O–H groups in total. The van der Waals surface area contributed by atoms with Crippen molar-refractivity contribution in [1.29, 1.82) is 0 Å². The second kappa shape index (κ2) is 5.73. The van der Waals surface area contributed by atoms with E-state index >= 15 is 0 Å². The van der Waals surface area contributed by atoms with Gasteiger partial charge in [-0.25, -0.2) is 12.8 Å². The molecule has 0 aliphatic heterocycles. The van der Waals surface area contributed by atoms with Crippen molar-refractivity contribution >= 4 is 9.84 Å². The molecule has 0 aromatic heterocycles. The van der Waals surface area contributed by atoms with E-state index in [1.807, 2.05) is 6.92 Å². The van der Waals surface area contributed by atoms with E-state index in [-0.39, 0.29) is 22.8 Å². The Labute approximate surface area is 118 Å². The minimum atomic E-state index is -3.54. The zero-order valence-electron chi connectivity index (χ0n) is 11.1. The average molecular weight is 293 g/mol. The molecular formula is C15H16FNO2S. The van der Waals surface area contributed by atoms with Gasteiger partial charge in [0.15, 0.2) is 9.84 Å². The van der Waals surface area contributed by atoms with Crippen molar-refractivity contribution in [1.82, 2.24) is 0 Å². The summed E-state index contributed by atoms with van der Waals surface area (Å²) >= 11 is 0. The first kappa shape index (κ1) is 14.7. The molecule has 20 heavy (non-hydrogen) atoms. The fourth-order valence-electron chi connectivity index (χ4n) is 1.87. The number of halogens is 1. The van der Waals surface area contributed by atoms with Crippen LogP contribution in [0, 0.1) is 12.7 Å². The highest BCUT2D eigenvalue weighted by Crippen LogP contribution is 2.19. The van der Waals surface area contributed by atoms with E-state index in [4.69, 9.17) is 5.73 Å². The fourth-order valence-corrected chi connectivity index (χ4v) is 3.23. The van der Waals surface area contributed by atoms with Gasteiger partial charge in [-0.05, 0) is 30.7 Å². The van der Waals surface area contributed by atoms with Crippen molar-refractivity contribution in [2.24, 2.45) is 5.73 Å². The first-order valence-electron chi connectivity index (χ1n) is 6.19. The van der Waals surface area contributed by atoms with Crippen molar-refractivity contribution in [3.63, 3.8) is 0 Å². The Bertz CT molecular complexity index is 709. The number of sulfone groups is 1. The average Bonchev–Trinajstić information content (AvgIpc) is 2.41. The second-order valence-electron chi connectivity index (χ2n) is 4.70. The van der Waals surface area contributed by atoms with Crippen LogP contribution in [0.25, 0.3) is 0 Å². The number of aryl methyl sites for hydroxylation is 1. The van der Waals surface area contributed by atoms with E-state index in [0.717, 1.165) is 5.56 Å². The van der Waals surface area contributed by atoms with Gasteiger partial charge in [0.05, 0.1) is 10.6 Å². The number of benzene rings is 2. The molecular weight excluding hydrogens is 277 g/mol. The lowest BCUT2D eigenvalue weighted by Crippen LogP contribution is -2.07. The van der Waals surface area contributed by atoms with Crippen molar-refractivity contribution < 1.29 is 12.8 Å². The van der Waals surface area contributed by atoms with E-state index in [9.17, 15) is 12.8 Å². The molecule has 106 valence electrons. The van der Waals surface area contributed by atoms with Crippen LogP contribution in [0.4, 0.5) is 4.39 Å². The fraction of sp³-hybridized carbons (Fsp3) is 0.200. The molecule has 0 unspecified atom stereocenters. The summed E-state index contributed by atoms with van der Waals surface area (Å²) in [5.74, 6) is -0.893. The molecule has 0 saturated heterocycles. The quantitative estimate of drug-likeness (QED) is 0.942. The largest absolute Gasteiger partial charge is 0.326 e. The molecule has 0 radical (unpaired) electrons. The Balaban J connectivity index is 2.31. The number of hydrogen-bond acceptors (Lipinski definition) is 3. The van der Waals surface area contributed by atoms with E-state index < -0.39 is 15.7 Å². The van der Waals surface area contributed by atoms with Crippen LogP contribution in [-0.2, 0) is 22.1 Å². The molecule has 0 aliphatic rings. The standard InChI is InChI=1S/C15H16FNO2S/c1-11-2-6-14(7-3-11)20(18,19)10-13-5-4-12(9-17)8-15(13)16/h2-8H,9-10,17H2,1H3. The lowest BCUT2D eigenvalue weighted by molar-refractivity contribution is 0.586. The summed E-state index contributed by atoms with van der Waals surface area (Å²) in [5, 5.41) is 0. The summed E-state index contributed by atoms with van der Waals surface area (Å²) in [5.41, 5.74) is 7.18. The normalized spacial score (nSPS) is 11.6. The summed E-state index contributed by atoms with van der Waals surface area (Å²) in [7, 11) is -3.54. The summed E-state index contributed by atoms with van der Waals surface area (Å²) in [6.07, 6.45) is 0. The van der Waals surface area contributed by atoms with Crippen molar-refractivity contribution in [3.8, 4) is 0 Å². The van der Waals surface area contributed by atoms with Gasteiger partial charge in [-0.2, -0.15) is 0 Å². The Morgan fingerprint density at radius 1 is 1.10 bits per heavy atom. The molecule has 2 rings (SSSR count). The van der Waals surface area contributed by atoms with Crippen molar-refractivity contribution in [2.45, 2.75) is 24.1 Å².